The van der Waals surface area contributed by atoms with E-state index >= 15 is 0 Å². The van der Waals surface area contributed by atoms with Crippen LogP contribution in [0.15, 0.2) is 6.20 Å². The highest BCUT2D eigenvalue weighted by atomic mass is 35.5. The molecule has 6 nitrogen and oxygen atoms in total. The Kier molecular flexibility index (Phi) is 2.74. The summed E-state index contributed by atoms with van der Waals surface area (Å²) < 4.78 is 5.03. The van der Waals surface area contributed by atoms with Crippen LogP contribution in [0.1, 0.15) is 5.82 Å². The maximum absolute atomic E-state index is 11.4. The third kappa shape index (κ3) is 1.86. The Bertz CT molecular complexity index is 496. The van der Waals surface area contributed by atoms with Gasteiger partial charge in [0.2, 0.25) is 0 Å². The molecule has 0 bridgehead atoms. The van der Waals surface area contributed by atoms with Crippen molar-refractivity contribution >= 4 is 23.5 Å². The van der Waals surface area contributed by atoms with Crippen LogP contribution in [-0.2, 0) is 4.74 Å². The summed E-state index contributed by atoms with van der Waals surface area (Å²) in [5, 5.41) is 0.541. The summed E-state index contributed by atoms with van der Waals surface area (Å²) in [5.74, 6) is 1.43. The van der Waals surface area contributed by atoms with E-state index in [1.54, 1.807) is 11.1 Å². The fourth-order valence-electron chi connectivity index (χ4n) is 2.35. The van der Waals surface area contributed by atoms with Gasteiger partial charge in [0.05, 0.1) is 12.2 Å². The number of amides is 1. The first-order valence-electron chi connectivity index (χ1n) is 5.82. The fourth-order valence-corrected chi connectivity index (χ4v) is 2.56. The Morgan fingerprint density at radius 1 is 1.50 bits per heavy atom. The maximum atomic E-state index is 11.4. The van der Waals surface area contributed by atoms with Crippen molar-refractivity contribution in [2.75, 3.05) is 31.1 Å². The largest absolute Gasteiger partial charge is 0.447 e. The Labute approximate surface area is 110 Å². The summed E-state index contributed by atoms with van der Waals surface area (Å²) in [6.07, 6.45) is 1.40. The molecular formula is C11H13ClN4O2. The number of fused-ring (bicyclic) bond motifs is 1. The lowest BCUT2D eigenvalue weighted by Crippen LogP contribution is -2.52. The summed E-state index contributed by atoms with van der Waals surface area (Å²) >= 11 is 6.12. The minimum atomic E-state index is -0.218. The van der Waals surface area contributed by atoms with Crippen molar-refractivity contribution in [3.05, 3.63) is 17.0 Å². The molecule has 0 spiro atoms. The van der Waals surface area contributed by atoms with Crippen molar-refractivity contribution in [3.8, 4) is 0 Å². The molecule has 2 aliphatic heterocycles. The number of anilines is 1. The lowest BCUT2D eigenvalue weighted by atomic mass is 10.2. The molecule has 1 aromatic rings. The summed E-state index contributed by atoms with van der Waals surface area (Å²) in [6.45, 7) is 4.32. The average molecular weight is 269 g/mol. The molecule has 0 aromatic carbocycles. The number of cyclic esters (lactones) is 1. The number of halogens is 1. The van der Waals surface area contributed by atoms with Gasteiger partial charge in [-0.1, -0.05) is 11.6 Å². The van der Waals surface area contributed by atoms with Gasteiger partial charge in [0, 0.05) is 19.6 Å². The van der Waals surface area contributed by atoms with Crippen LogP contribution < -0.4 is 4.90 Å². The molecule has 2 fully saturated rings. The van der Waals surface area contributed by atoms with Crippen molar-refractivity contribution in [2.45, 2.75) is 13.0 Å². The van der Waals surface area contributed by atoms with Gasteiger partial charge in [-0.3, -0.25) is 4.90 Å². The predicted octanol–water partition coefficient (Wildman–Crippen LogP) is 1.08. The lowest BCUT2D eigenvalue weighted by molar-refractivity contribution is 0.157. The highest BCUT2D eigenvalue weighted by Crippen LogP contribution is 2.26. The number of nitrogens with zero attached hydrogens (tertiary/aromatic N) is 4. The van der Waals surface area contributed by atoms with Gasteiger partial charge in [0.1, 0.15) is 17.5 Å². The highest BCUT2D eigenvalue weighted by molar-refractivity contribution is 6.32. The van der Waals surface area contributed by atoms with Crippen LogP contribution in [0.5, 0.6) is 0 Å². The second-order valence-corrected chi connectivity index (χ2v) is 4.87. The van der Waals surface area contributed by atoms with E-state index in [2.05, 4.69) is 14.9 Å². The van der Waals surface area contributed by atoms with Gasteiger partial charge in [-0.2, -0.15) is 0 Å². The van der Waals surface area contributed by atoms with Crippen molar-refractivity contribution < 1.29 is 9.53 Å². The van der Waals surface area contributed by atoms with Crippen LogP contribution in [0.3, 0.4) is 0 Å². The normalized spacial score (nSPS) is 23.0. The van der Waals surface area contributed by atoms with Gasteiger partial charge in [-0.05, 0) is 6.92 Å². The molecule has 1 aromatic heterocycles. The molecule has 96 valence electrons. The van der Waals surface area contributed by atoms with Crippen LogP contribution >= 0.6 is 11.6 Å². The standard InChI is InChI=1S/C11H13ClN4O2/c1-7-13-4-9(12)10(14-7)15-2-3-16-8(5-15)6-18-11(16)17/h4,8H,2-3,5-6H2,1H3. The molecule has 2 aliphatic rings. The second kappa shape index (κ2) is 4.28. The van der Waals surface area contributed by atoms with E-state index in [9.17, 15) is 4.79 Å². The van der Waals surface area contributed by atoms with Crippen molar-refractivity contribution in [3.63, 3.8) is 0 Å². The SMILES string of the molecule is Cc1ncc(Cl)c(N2CCN3C(=O)OCC3C2)n1. The molecule has 0 N–H and O–H groups in total. The molecule has 2 saturated heterocycles. The van der Waals surface area contributed by atoms with Crippen LogP contribution in [0.25, 0.3) is 0 Å². The number of rotatable bonds is 1. The van der Waals surface area contributed by atoms with Crippen LogP contribution in [0, 0.1) is 6.92 Å². The first-order chi connectivity index (χ1) is 8.65. The smallest absolute Gasteiger partial charge is 0.410 e. The van der Waals surface area contributed by atoms with Gasteiger partial charge >= 0.3 is 6.09 Å². The van der Waals surface area contributed by atoms with Gasteiger partial charge in [0.15, 0.2) is 5.82 Å². The van der Waals surface area contributed by atoms with Crippen LogP contribution in [-0.4, -0.2) is 53.2 Å². The van der Waals surface area contributed by atoms with Gasteiger partial charge < -0.3 is 9.64 Å². The summed E-state index contributed by atoms with van der Waals surface area (Å²) in [4.78, 5) is 23.7. The fraction of sp³-hybridized carbons (Fsp3) is 0.545. The topological polar surface area (TPSA) is 58.6 Å². The Morgan fingerprint density at radius 3 is 3.17 bits per heavy atom. The maximum Gasteiger partial charge on any atom is 0.410 e. The van der Waals surface area contributed by atoms with E-state index in [-0.39, 0.29) is 12.1 Å². The third-order valence-corrected chi connectivity index (χ3v) is 3.53. The predicted molar refractivity (Wildman–Crippen MR) is 65.8 cm³/mol. The molecule has 7 heteroatoms. The zero-order valence-electron chi connectivity index (χ0n) is 9.97. The van der Waals surface area contributed by atoms with E-state index in [0.29, 0.717) is 37.1 Å². The van der Waals surface area contributed by atoms with Crippen molar-refractivity contribution in [1.82, 2.24) is 14.9 Å². The summed E-state index contributed by atoms with van der Waals surface area (Å²) in [5.41, 5.74) is 0. The van der Waals surface area contributed by atoms with Crippen molar-refractivity contribution in [1.29, 1.82) is 0 Å². The monoisotopic (exact) mass is 268 g/mol. The highest BCUT2D eigenvalue weighted by Gasteiger charge is 2.38. The van der Waals surface area contributed by atoms with Gasteiger partial charge in [0.25, 0.3) is 0 Å². The molecule has 0 aliphatic carbocycles. The number of ether oxygens (including phenoxy) is 1. The molecular weight excluding hydrogens is 256 g/mol. The quantitative estimate of drug-likeness (QED) is 0.763. The molecule has 1 unspecified atom stereocenters. The number of hydrogen-bond donors (Lipinski definition) is 0. The van der Waals surface area contributed by atoms with E-state index < -0.39 is 0 Å². The van der Waals surface area contributed by atoms with Gasteiger partial charge in [-0.15, -0.1) is 0 Å². The first kappa shape index (κ1) is 11.5. The van der Waals surface area contributed by atoms with E-state index in [1.807, 2.05) is 6.92 Å². The van der Waals surface area contributed by atoms with Crippen LogP contribution in [0.2, 0.25) is 5.02 Å². The molecule has 1 atom stereocenters. The lowest BCUT2D eigenvalue weighted by Gasteiger charge is -2.36. The van der Waals surface area contributed by atoms with Crippen LogP contribution in [0.4, 0.5) is 10.6 Å². The van der Waals surface area contributed by atoms with Crippen molar-refractivity contribution in [2.24, 2.45) is 0 Å². The summed E-state index contributed by atoms with van der Waals surface area (Å²) in [6, 6.07) is 0.0950. The number of carbonyl (C=O) groups excluding carboxylic acids is 1. The molecule has 1 amide bonds. The second-order valence-electron chi connectivity index (χ2n) is 4.46. The number of piperazine rings is 1. The van der Waals surface area contributed by atoms with E-state index in [1.165, 1.54) is 0 Å². The minimum absolute atomic E-state index is 0.0950. The van der Waals surface area contributed by atoms with E-state index in [4.69, 9.17) is 16.3 Å². The Hall–Kier alpha value is -1.56. The zero-order chi connectivity index (χ0) is 12.7. The average Bonchev–Trinajstić information content (AvgIpc) is 2.74. The number of hydrogen-bond acceptors (Lipinski definition) is 5. The molecule has 18 heavy (non-hydrogen) atoms. The van der Waals surface area contributed by atoms with Gasteiger partial charge in [-0.25, -0.2) is 14.8 Å². The molecule has 0 radical (unpaired) electrons. The number of carbonyl (C=O) groups is 1. The molecule has 3 heterocycles. The number of aromatic nitrogens is 2. The minimum Gasteiger partial charge on any atom is -0.447 e. The number of aryl methyl sites for hydroxylation is 1. The Balaban J connectivity index is 1.82. The first-order valence-corrected chi connectivity index (χ1v) is 6.20. The molecule has 3 rings (SSSR count). The zero-order valence-corrected chi connectivity index (χ0v) is 10.7. The van der Waals surface area contributed by atoms with E-state index in [0.717, 1.165) is 5.82 Å². The molecule has 0 saturated carbocycles. The Morgan fingerprint density at radius 2 is 2.33 bits per heavy atom. The third-order valence-electron chi connectivity index (χ3n) is 3.26. The summed E-state index contributed by atoms with van der Waals surface area (Å²) in [7, 11) is 0.